The van der Waals surface area contributed by atoms with Crippen molar-refractivity contribution in [2.24, 2.45) is 0 Å². The maximum absolute atomic E-state index is 4.50. The molecule has 0 aliphatic heterocycles. The predicted molar refractivity (Wildman–Crippen MR) is 103 cm³/mol. The van der Waals surface area contributed by atoms with Crippen LogP contribution in [0, 0.1) is 0 Å². The molecule has 1 aromatic heterocycles. The summed E-state index contributed by atoms with van der Waals surface area (Å²) in [4.78, 5) is 4.50. The van der Waals surface area contributed by atoms with E-state index < -0.39 is 0 Å². The minimum Gasteiger partial charge on any atom is -0.256 e. The predicted octanol–water partition coefficient (Wildman–Crippen LogP) is 6.17. The van der Waals surface area contributed by atoms with Crippen molar-refractivity contribution in [1.82, 2.24) is 4.98 Å². The quantitative estimate of drug-likeness (QED) is 0.513. The first kappa shape index (κ1) is 15.7. The van der Waals surface area contributed by atoms with E-state index in [-0.39, 0.29) is 0 Å². The summed E-state index contributed by atoms with van der Waals surface area (Å²) in [6, 6.07) is 22.9. The topological polar surface area (TPSA) is 12.9 Å². The molecule has 1 heterocycles. The number of allylic oxidation sites excluding steroid dienone is 4. The SMILES string of the molecule is C=C/C=C(\C=C)c1ccnc(-c2ccc(-c3ccccc3)cc2)c1. The number of hydrogen-bond donors (Lipinski definition) is 0. The van der Waals surface area contributed by atoms with E-state index in [1.165, 1.54) is 11.1 Å². The van der Waals surface area contributed by atoms with Crippen LogP contribution in [0.2, 0.25) is 0 Å². The first-order chi connectivity index (χ1) is 11.8. The van der Waals surface area contributed by atoms with Gasteiger partial charge in [-0.05, 0) is 34.4 Å². The molecule has 3 rings (SSSR count). The molecule has 0 saturated carbocycles. The summed E-state index contributed by atoms with van der Waals surface area (Å²) in [5.74, 6) is 0. The van der Waals surface area contributed by atoms with Crippen LogP contribution in [0.1, 0.15) is 5.56 Å². The van der Waals surface area contributed by atoms with Gasteiger partial charge in [-0.25, -0.2) is 0 Å². The highest BCUT2D eigenvalue weighted by Crippen LogP contribution is 2.25. The highest BCUT2D eigenvalue weighted by molar-refractivity contribution is 5.77. The number of benzene rings is 2. The minimum absolute atomic E-state index is 0.948. The van der Waals surface area contributed by atoms with Crippen molar-refractivity contribution >= 4 is 5.57 Å². The normalized spacial score (nSPS) is 11.1. The van der Waals surface area contributed by atoms with Gasteiger partial charge < -0.3 is 0 Å². The summed E-state index contributed by atoms with van der Waals surface area (Å²) in [6.45, 7) is 7.62. The number of nitrogens with zero attached hydrogens (tertiary/aromatic N) is 1. The van der Waals surface area contributed by atoms with Gasteiger partial charge in [0.25, 0.3) is 0 Å². The Labute approximate surface area is 143 Å². The average Bonchev–Trinajstić information content (AvgIpc) is 2.67. The van der Waals surface area contributed by atoms with Gasteiger partial charge >= 0.3 is 0 Å². The monoisotopic (exact) mass is 309 g/mol. The Kier molecular flexibility index (Phi) is 4.83. The minimum atomic E-state index is 0.948. The van der Waals surface area contributed by atoms with Crippen molar-refractivity contribution in [2.45, 2.75) is 0 Å². The third-order valence-electron chi connectivity index (χ3n) is 3.90. The maximum atomic E-state index is 4.50. The van der Waals surface area contributed by atoms with Crippen molar-refractivity contribution in [3.8, 4) is 22.4 Å². The number of aromatic nitrogens is 1. The fourth-order valence-electron chi connectivity index (χ4n) is 2.64. The summed E-state index contributed by atoms with van der Waals surface area (Å²) in [5, 5.41) is 0. The summed E-state index contributed by atoms with van der Waals surface area (Å²) in [7, 11) is 0. The molecule has 116 valence electrons. The Balaban J connectivity index is 1.94. The van der Waals surface area contributed by atoms with Crippen LogP contribution in [-0.4, -0.2) is 4.98 Å². The van der Waals surface area contributed by atoms with E-state index in [9.17, 15) is 0 Å². The lowest BCUT2D eigenvalue weighted by Gasteiger charge is -2.07. The molecule has 0 N–H and O–H groups in total. The fraction of sp³-hybridized carbons (Fsp3) is 0. The van der Waals surface area contributed by atoms with E-state index >= 15 is 0 Å². The molecule has 0 atom stereocenters. The summed E-state index contributed by atoms with van der Waals surface area (Å²) < 4.78 is 0. The van der Waals surface area contributed by atoms with Crippen LogP contribution in [-0.2, 0) is 0 Å². The molecule has 1 nitrogen and oxygen atoms in total. The van der Waals surface area contributed by atoms with Gasteiger partial charge in [0.1, 0.15) is 0 Å². The van der Waals surface area contributed by atoms with Gasteiger partial charge in [0.05, 0.1) is 5.69 Å². The lowest BCUT2D eigenvalue weighted by Crippen LogP contribution is -1.87. The fourth-order valence-corrected chi connectivity index (χ4v) is 2.64. The van der Waals surface area contributed by atoms with Crippen LogP contribution in [0.3, 0.4) is 0 Å². The highest BCUT2D eigenvalue weighted by atomic mass is 14.7. The zero-order valence-corrected chi connectivity index (χ0v) is 13.5. The van der Waals surface area contributed by atoms with Crippen molar-refractivity contribution in [1.29, 1.82) is 0 Å². The van der Waals surface area contributed by atoms with E-state index in [2.05, 4.69) is 72.7 Å². The van der Waals surface area contributed by atoms with Gasteiger partial charge in [0.15, 0.2) is 0 Å². The molecule has 2 aromatic carbocycles. The standard InChI is InChI=1S/C23H19N/c1-3-8-18(4-2)22-15-16-24-23(17-22)21-13-11-20(12-14-21)19-9-6-5-7-10-19/h3-17H,1-2H2/b18-8+. The Morgan fingerprint density at radius 1 is 0.792 bits per heavy atom. The Morgan fingerprint density at radius 2 is 1.46 bits per heavy atom. The molecule has 0 aliphatic rings. The smallest absolute Gasteiger partial charge is 0.0708 e. The third-order valence-corrected chi connectivity index (χ3v) is 3.90. The van der Waals surface area contributed by atoms with E-state index in [1.54, 1.807) is 6.08 Å². The maximum Gasteiger partial charge on any atom is 0.0708 e. The van der Waals surface area contributed by atoms with Crippen molar-refractivity contribution in [2.75, 3.05) is 0 Å². The van der Waals surface area contributed by atoms with E-state index in [0.717, 1.165) is 22.4 Å². The van der Waals surface area contributed by atoms with Crippen molar-refractivity contribution in [3.63, 3.8) is 0 Å². The summed E-state index contributed by atoms with van der Waals surface area (Å²) in [6.07, 6.45) is 7.38. The summed E-state index contributed by atoms with van der Waals surface area (Å²) in [5.41, 5.74) is 6.58. The highest BCUT2D eigenvalue weighted by Gasteiger charge is 2.04. The molecule has 3 aromatic rings. The molecule has 24 heavy (non-hydrogen) atoms. The second kappa shape index (κ2) is 7.38. The molecule has 0 fully saturated rings. The molecule has 0 aliphatic carbocycles. The zero-order valence-electron chi connectivity index (χ0n) is 13.5. The van der Waals surface area contributed by atoms with Crippen LogP contribution >= 0.6 is 0 Å². The van der Waals surface area contributed by atoms with Gasteiger partial charge in [-0.2, -0.15) is 0 Å². The molecular weight excluding hydrogens is 290 g/mol. The van der Waals surface area contributed by atoms with Crippen LogP contribution < -0.4 is 0 Å². The molecule has 0 spiro atoms. The second-order valence-corrected chi connectivity index (χ2v) is 5.43. The van der Waals surface area contributed by atoms with Crippen LogP contribution in [0.15, 0.2) is 104 Å². The van der Waals surface area contributed by atoms with Gasteiger partial charge in [-0.3, -0.25) is 4.98 Å². The summed E-state index contributed by atoms with van der Waals surface area (Å²) >= 11 is 0. The molecule has 1 heteroatoms. The number of pyridine rings is 1. The van der Waals surface area contributed by atoms with Gasteiger partial charge in [0, 0.05) is 11.8 Å². The Bertz CT molecular complexity index is 871. The number of hydrogen-bond acceptors (Lipinski definition) is 1. The number of rotatable bonds is 5. The lowest BCUT2D eigenvalue weighted by atomic mass is 10.0. The Hall–Kier alpha value is -3.19. The van der Waals surface area contributed by atoms with Gasteiger partial charge in [-0.1, -0.05) is 86.0 Å². The molecule has 0 unspecified atom stereocenters. The first-order valence-electron chi connectivity index (χ1n) is 7.89. The third kappa shape index (κ3) is 3.41. The zero-order chi connectivity index (χ0) is 16.8. The average molecular weight is 309 g/mol. The van der Waals surface area contributed by atoms with Crippen molar-refractivity contribution < 1.29 is 0 Å². The van der Waals surface area contributed by atoms with E-state index in [0.29, 0.717) is 0 Å². The van der Waals surface area contributed by atoms with Crippen LogP contribution in [0.25, 0.3) is 28.0 Å². The van der Waals surface area contributed by atoms with E-state index in [4.69, 9.17) is 0 Å². The molecule has 0 radical (unpaired) electrons. The van der Waals surface area contributed by atoms with Gasteiger partial charge in [0.2, 0.25) is 0 Å². The van der Waals surface area contributed by atoms with Crippen molar-refractivity contribution in [3.05, 3.63) is 110 Å². The second-order valence-electron chi connectivity index (χ2n) is 5.43. The van der Waals surface area contributed by atoms with E-state index in [1.807, 2.05) is 30.5 Å². The molecule has 0 bridgehead atoms. The molecular formula is C23H19N. The largest absolute Gasteiger partial charge is 0.256 e. The van der Waals surface area contributed by atoms with Crippen LogP contribution in [0.4, 0.5) is 0 Å². The van der Waals surface area contributed by atoms with Crippen LogP contribution in [0.5, 0.6) is 0 Å². The molecule has 0 saturated heterocycles. The first-order valence-corrected chi connectivity index (χ1v) is 7.89. The van der Waals surface area contributed by atoms with Gasteiger partial charge in [-0.15, -0.1) is 0 Å². The Morgan fingerprint density at radius 3 is 2.12 bits per heavy atom. The molecule has 0 amide bonds. The lowest BCUT2D eigenvalue weighted by molar-refractivity contribution is 1.31.